The predicted octanol–water partition coefficient (Wildman–Crippen LogP) is 0.696. The van der Waals surface area contributed by atoms with E-state index < -0.39 is 0 Å². The van der Waals surface area contributed by atoms with Gasteiger partial charge >= 0.3 is 0 Å². The van der Waals surface area contributed by atoms with Gasteiger partial charge in [0.15, 0.2) is 0 Å². The lowest BCUT2D eigenvalue weighted by Crippen LogP contribution is -1.84. The van der Waals surface area contributed by atoms with Crippen LogP contribution in [-0.2, 0) is 0 Å². The van der Waals surface area contributed by atoms with Gasteiger partial charge in [0.05, 0.1) is 0 Å². The van der Waals surface area contributed by atoms with Crippen molar-refractivity contribution in [2.45, 2.75) is 0 Å². The highest BCUT2D eigenvalue weighted by Gasteiger charge is 2.07. The first-order valence-corrected chi connectivity index (χ1v) is 3.94. The van der Waals surface area contributed by atoms with E-state index in [0.717, 1.165) is 4.38 Å². The number of hydrazone groups is 1. The van der Waals surface area contributed by atoms with Crippen LogP contribution in [0.15, 0.2) is 5.10 Å². The molecule has 2 nitrogen and oxygen atoms in total. The Morgan fingerprint density at radius 2 is 2.00 bits per heavy atom. The van der Waals surface area contributed by atoms with E-state index in [9.17, 15) is 0 Å². The lowest BCUT2D eigenvalue weighted by molar-refractivity contribution is 1.27. The fourth-order valence-corrected chi connectivity index (χ4v) is 2.37. The fourth-order valence-electron chi connectivity index (χ4n) is 0.374. The Hall–Kier alpha value is 0.170. The van der Waals surface area contributed by atoms with Crippen LogP contribution in [0.4, 0.5) is 0 Å². The summed E-state index contributed by atoms with van der Waals surface area (Å²) in [5, 5.41) is 3.53. The Kier molecular flexibility index (Phi) is 1.87. The molecule has 1 heterocycles. The van der Waals surface area contributed by atoms with E-state index in [-0.39, 0.29) is 0 Å². The van der Waals surface area contributed by atoms with Crippen molar-refractivity contribution in [3.63, 3.8) is 0 Å². The van der Waals surface area contributed by atoms with Crippen LogP contribution in [0, 0.1) is 0 Å². The molecule has 0 aromatic heterocycles. The van der Waals surface area contributed by atoms with Crippen LogP contribution in [0.5, 0.6) is 0 Å². The van der Waals surface area contributed by atoms with Gasteiger partial charge in [-0.15, -0.1) is 0 Å². The van der Waals surface area contributed by atoms with E-state index in [1.165, 1.54) is 11.5 Å². The molecule has 7 heavy (non-hydrogen) atoms. The second kappa shape index (κ2) is 2.47. The van der Waals surface area contributed by atoms with Gasteiger partial charge in [-0.2, -0.15) is 5.10 Å². The first-order valence-electron chi connectivity index (χ1n) is 1.97. The molecule has 1 aliphatic rings. The Balaban J connectivity index is 2.41. The monoisotopic (exact) mass is 134 g/mol. The van der Waals surface area contributed by atoms with Gasteiger partial charge in [0.1, 0.15) is 4.38 Å². The number of hydrogen-bond donors (Lipinski definition) is 1. The van der Waals surface area contributed by atoms with Gasteiger partial charge in [0.25, 0.3) is 0 Å². The van der Waals surface area contributed by atoms with Crippen molar-refractivity contribution < 1.29 is 0 Å². The molecule has 0 amide bonds. The molecule has 1 rings (SSSR count). The first-order chi connectivity index (χ1) is 3.43. The Morgan fingerprint density at radius 3 is 2.29 bits per heavy atom. The summed E-state index contributed by atoms with van der Waals surface area (Å²) in [6.07, 6.45) is 0. The summed E-state index contributed by atoms with van der Waals surface area (Å²) < 4.78 is 1.03. The first kappa shape index (κ1) is 5.31. The van der Waals surface area contributed by atoms with Crippen LogP contribution in [0.25, 0.3) is 0 Å². The molecule has 0 unspecified atom stereocenters. The molecule has 1 aliphatic heterocycles. The molecule has 2 N–H and O–H groups in total. The van der Waals surface area contributed by atoms with Gasteiger partial charge in [0.2, 0.25) is 0 Å². The highest BCUT2D eigenvalue weighted by Crippen LogP contribution is 2.24. The average molecular weight is 134 g/mol. The normalized spacial score (nSPS) is 20.3. The van der Waals surface area contributed by atoms with E-state index in [4.69, 9.17) is 5.84 Å². The Labute approximate surface area is 50.9 Å². The highest BCUT2D eigenvalue weighted by atomic mass is 32.2. The zero-order valence-electron chi connectivity index (χ0n) is 3.76. The average Bonchev–Trinajstić information content (AvgIpc) is 2.14. The standard InChI is InChI=1S/C3H6N2S2/c4-5-3-6-1-2-7-3/h1-2,4H2. The molecule has 0 radical (unpaired) electrons. The SMILES string of the molecule is NN=C1SCCS1. The molecule has 1 fully saturated rings. The van der Waals surface area contributed by atoms with Gasteiger partial charge in [-0.1, -0.05) is 23.5 Å². The minimum atomic E-state index is 1.03. The third-order valence-electron chi connectivity index (χ3n) is 0.640. The third-order valence-corrected chi connectivity index (χ3v) is 3.13. The van der Waals surface area contributed by atoms with Crippen molar-refractivity contribution >= 4 is 27.9 Å². The van der Waals surface area contributed by atoms with Gasteiger partial charge in [-0.3, -0.25) is 0 Å². The quantitative estimate of drug-likeness (QED) is 0.391. The number of rotatable bonds is 0. The molecule has 0 bridgehead atoms. The maximum Gasteiger partial charge on any atom is 0.149 e. The van der Waals surface area contributed by atoms with Crippen molar-refractivity contribution in [2.75, 3.05) is 11.5 Å². The number of nitrogens with zero attached hydrogens (tertiary/aromatic N) is 1. The summed E-state index contributed by atoms with van der Waals surface area (Å²) in [5.74, 6) is 7.31. The van der Waals surface area contributed by atoms with Crippen molar-refractivity contribution in [1.29, 1.82) is 0 Å². The van der Waals surface area contributed by atoms with Crippen molar-refractivity contribution in [3.8, 4) is 0 Å². The van der Waals surface area contributed by atoms with Crippen LogP contribution in [-0.4, -0.2) is 15.9 Å². The Morgan fingerprint density at radius 1 is 1.43 bits per heavy atom. The summed E-state index contributed by atoms with van der Waals surface area (Å²) in [5.41, 5.74) is 0. The smallest absolute Gasteiger partial charge is 0.149 e. The van der Waals surface area contributed by atoms with E-state index in [1.807, 2.05) is 0 Å². The molecule has 4 heteroatoms. The number of thioether (sulfide) groups is 2. The van der Waals surface area contributed by atoms with Crippen LogP contribution in [0.1, 0.15) is 0 Å². The van der Waals surface area contributed by atoms with Crippen LogP contribution < -0.4 is 5.84 Å². The predicted molar refractivity (Wildman–Crippen MR) is 36.5 cm³/mol. The van der Waals surface area contributed by atoms with Gasteiger partial charge in [0, 0.05) is 11.5 Å². The topological polar surface area (TPSA) is 38.4 Å². The van der Waals surface area contributed by atoms with Gasteiger partial charge in [-0.25, -0.2) is 0 Å². The molecular weight excluding hydrogens is 128 g/mol. The summed E-state index contributed by atoms with van der Waals surface area (Å²) in [4.78, 5) is 0. The van der Waals surface area contributed by atoms with Crippen LogP contribution in [0.2, 0.25) is 0 Å². The summed E-state index contributed by atoms with van der Waals surface area (Å²) in [7, 11) is 0. The second-order valence-corrected chi connectivity index (χ2v) is 3.52. The van der Waals surface area contributed by atoms with E-state index in [0.29, 0.717) is 0 Å². The molecule has 1 saturated heterocycles. The Bertz CT molecular complexity index is 82.9. The van der Waals surface area contributed by atoms with E-state index in [2.05, 4.69) is 5.10 Å². The maximum absolute atomic E-state index is 4.98. The van der Waals surface area contributed by atoms with Crippen molar-refractivity contribution in [2.24, 2.45) is 10.9 Å². The minimum Gasteiger partial charge on any atom is -0.322 e. The zero-order chi connectivity index (χ0) is 5.11. The molecule has 0 aliphatic carbocycles. The lowest BCUT2D eigenvalue weighted by Gasteiger charge is -1.82. The largest absolute Gasteiger partial charge is 0.322 e. The third kappa shape index (κ3) is 1.28. The zero-order valence-corrected chi connectivity index (χ0v) is 5.39. The fraction of sp³-hybridized carbons (Fsp3) is 0.667. The van der Waals surface area contributed by atoms with E-state index >= 15 is 0 Å². The van der Waals surface area contributed by atoms with Gasteiger partial charge < -0.3 is 5.84 Å². The molecule has 0 aromatic carbocycles. The molecule has 0 saturated carbocycles. The molecule has 0 aromatic rings. The highest BCUT2D eigenvalue weighted by molar-refractivity contribution is 8.41. The van der Waals surface area contributed by atoms with Crippen molar-refractivity contribution in [1.82, 2.24) is 0 Å². The maximum atomic E-state index is 4.98. The summed E-state index contributed by atoms with van der Waals surface area (Å²) in [6.45, 7) is 0. The van der Waals surface area contributed by atoms with Crippen molar-refractivity contribution in [3.05, 3.63) is 0 Å². The lowest BCUT2D eigenvalue weighted by atomic mass is 11.0. The molecular formula is C3H6N2S2. The molecule has 0 spiro atoms. The second-order valence-electron chi connectivity index (χ2n) is 1.09. The minimum absolute atomic E-state index is 1.03. The van der Waals surface area contributed by atoms with Crippen LogP contribution >= 0.6 is 23.5 Å². The molecule has 40 valence electrons. The summed E-state index contributed by atoms with van der Waals surface area (Å²) in [6, 6.07) is 0. The number of hydrogen-bond acceptors (Lipinski definition) is 4. The molecule has 0 atom stereocenters. The van der Waals surface area contributed by atoms with Gasteiger partial charge in [-0.05, 0) is 0 Å². The van der Waals surface area contributed by atoms with E-state index in [1.54, 1.807) is 23.5 Å². The summed E-state index contributed by atoms with van der Waals surface area (Å²) >= 11 is 3.46. The van der Waals surface area contributed by atoms with Crippen LogP contribution in [0.3, 0.4) is 0 Å². The number of nitrogens with two attached hydrogens (primary N) is 1.